The Bertz CT molecular complexity index is 691. The van der Waals surface area contributed by atoms with Crippen molar-refractivity contribution in [3.63, 3.8) is 0 Å². The number of rotatable bonds is 7. The van der Waals surface area contributed by atoms with Gasteiger partial charge in [0.15, 0.2) is 0 Å². The highest BCUT2D eigenvalue weighted by molar-refractivity contribution is 5.67. The van der Waals surface area contributed by atoms with Gasteiger partial charge >= 0.3 is 5.97 Å². The van der Waals surface area contributed by atoms with E-state index in [2.05, 4.69) is 29.2 Å². The highest BCUT2D eigenvalue weighted by atomic mass is 16.5. The maximum atomic E-state index is 10.6. The van der Waals surface area contributed by atoms with Crippen LogP contribution in [0, 0.1) is 0 Å². The summed E-state index contributed by atoms with van der Waals surface area (Å²) in [6.45, 7) is 2.82. The van der Waals surface area contributed by atoms with Crippen LogP contribution < -0.4 is 9.64 Å². The number of carbonyl (C=O) groups is 1. The fraction of sp³-hybridized carbons (Fsp3) is 0.381. The number of aryl methyl sites for hydroxylation is 1. The van der Waals surface area contributed by atoms with Gasteiger partial charge < -0.3 is 14.7 Å². The van der Waals surface area contributed by atoms with Crippen LogP contribution in [-0.4, -0.2) is 24.2 Å². The van der Waals surface area contributed by atoms with Crippen LogP contribution in [0.15, 0.2) is 48.5 Å². The molecule has 0 bridgehead atoms. The van der Waals surface area contributed by atoms with Crippen LogP contribution in [0.2, 0.25) is 0 Å². The van der Waals surface area contributed by atoms with Crippen LogP contribution in [0.3, 0.4) is 0 Å². The number of nitrogens with zero attached hydrogens (tertiary/aromatic N) is 1. The number of carboxylic acids is 1. The molecule has 0 aliphatic carbocycles. The van der Waals surface area contributed by atoms with Gasteiger partial charge in [0.1, 0.15) is 12.4 Å². The van der Waals surface area contributed by atoms with E-state index in [1.54, 1.807) is 0 Å². The summed E-state index contributed by atoms with van der Waals surface area (Å²) < 4.78 is 5.88. The number of benzene rings is 2. The fourth-order valence-electron chi connectivity index (χ4n) is 3.17. The topological polar surface area (TPSA) is 49.8 Å². The van der Waals surface area contributed by atoms with Crippen molar-refractivity contribution in [3.8, 4) is 5.75 Å². The molecule has 0 radical (unpaired) electrons. The molecule has 132 valence electrons. The number of aliphatic carboxylic acids is 1. The minimum atomic E-state index is -0.770. The molecule has 1 heterocycles. The van der Waals surface area contributed by atoms with Gasteiger partial charge in [-0.2, -0.15) is 0 Å². The van der Waals surface area contributed by atoms with Crippen LogP contribution in [0.25, 0.3) is 0 Å². The lowest BCUT2D eigenvalue weighted by Crippen LogP contribution is -2.29. The van der Waals surface area contributed by atoms with E-state index in [1.165, 1.54) is 24.9 Å². The van der Waals surface area contributed by atoms with E-state index in [-0.39, 0.29) is 6.42 Å². The summed E-state index contributed by atoms with van der Waals surface area (Å²) in [6.07, 6.45) is 4.59. The van der Waals surface area contributed by atoms with Crippen LogP contribution >= 0.6 is 0 Å². The summed E-state index contributed by atoms with van der Waals surface area (Å²) in [5.41, 5.74) is 3.46. The second-order valence-electron chi connectivity index (χ2n) is 6.54. The van der Waals surface area contributed by atoms with Crippen molar-refractivity contribution in [2.75, 3.05) is 18.0 Å². The normalized spacial score (nSPS) is 14.3. The Balaban J connectivity index is 1.55. The number of anilines is 1. The Morgan fingerprint density at radius 1 is 1.00 bits per heavy atom. The summed E-state index contributed by atoms with van der Waals surface area (Å²) in [6, 6.07) is 16.3. The summed E-state index contributed by atoms with van der Waals surface area (Å²) in [4.78, 5) is 13.1. The van der Waals surface area contributed by atoms with Gasteiger partial charge in [-0.1, -0.05) is 24.3 Å². The third-order valence-corrected chi connectivity index (χ3v) is 4.59. The molecule has 4 heteroatoms. The average Bonchev–Trinajstić information content (AvgIpc) is 2.66. The molecule has 0 amide bonds. The molecule has 2 aromatic carbocycles. The molecule has 0 unspecified atom stereocenters. The van der Waals surface area contributed by atoms with Crippen molar-refractivity contribution in [1.29, 1.82) is 0 Å². The van der Waals surface area contributed by atoms with Crippen LogP contribution in [0.4, 0.5) is 5.69 Å². The highest BCUT2D eigenvalue weighted by Crippen LogP contribution is 2.22. The fourth-order valence-corrected chi connectivity index (χ4v) is 3.17. The van der Waals surface area contributed by atoms with E-state index in [0.29, 0.717) is 13.0 Å². The van der Waals surface area contributed by atoms with Crippen molar-refractivity contribution in [2.24, 2.45) is 0 Å². The third kappa shape index (κ3) is 5.24. The molecule has 1 fully saturated rings. The zero-order valence-electron chi connectivity index (χ0n) is 14.5. The summed E-state index contributed by atoms with van der Waals surface area (Å²) in [7, 11) is 0. The summed E-state index contributed by atoms with van der Waals surface area (Å²) in [5.74, 6) is 0.0383. The first-order valence-corrected chi connectivity index (χ1v) is 8.98. The molecule has 1 aliphatic rings. The van der Waals surface area contributed by atoms with Gasteiger partial charge in [-0.25, -0.2) is 0 Å². The number of carboxylic acid groups (broad SMARTS) is 1. The Morgan fingerprint density at radius 2 is 1.76 bits per heavy atom. The van der Waals surface area contributed by atoms with Gasteiger partial charge in [-0.05, 0) is 61.1 Å². The van der Waals surface area contributed by atoms with Crippen molar-refractivity contribution in [2.45, 2.75) is 38.7 Å². The molecular weight excluding hydrogens is 314 g/mol. The lowest BCUT2D eigenvalue weighted by molar-refractivity contribution is -0.136. The van der Waals surface area contributed by atoms with E-state index in [0.717, 1.165) is 30.0 Å². The predicted molar refractivity (Wildman–Crippen MR) is 99.2 cm³/mol. The van der Waals surface area contributed by atoms with E-state index >= 15 is 0 Å². The molecule has 3 rings (SSSR count). The zero-order valence-corrected chi connectivity index (χ0v) is 14.5. The minimum Gasteiger partial charge on any atom is -0.489 e. The first-order chi connectivity index (χ1) is 12.2. The molecule has 0 spiro atoms. The van der Waals surface area contributed by atoms with Gasteiger partial charge in [0, 0.05) is 25.2 Å². The van der Waals surface area contributed by atoms with Gasteiger partial charge in [0.25, 0.3) is 0 Å². The van der Waals surface area contributed by atoms with Crippen LogP contribution in [0.5, 0.6) is 5.75 Å². The number of ether oxygens (including phenoxy) is 1. The molecule has 0 atom stereocenters. The molecule has 4 nitrogen and oxygen atoms in total. The highest BCUT2D eigenvalue weighted by Gasteiger charge is 2.11. The van der Waals surface area contributed by atoms with Crippen molar-refractivity contribution in [3.05, 3.63) is 59.7 Å². The Morgan fingerprint density at radius 3 is 2.48 bits per heavy atom. The van der Waals surface area contributed by atoms with E-state index in [9.17, 15) is 4.79 Å². The third-order valence-electron chi connectivity index (χ3n) is 4.59. The Hall–Kier alpha value is -2.49. The lowest BCUT2D eigenvalue weighted by atomic mass is 10.1. The average molecular weight is 339 g/mol. The lowest BCUT2D eigenvalue weighted by Gasteiger charge is -2.29. The smallest absolute Gasteiger partial charge is 0.303 e. The summed E-state index contributed by atoms with van der Waals surface area (Å²) in [5, 5.41) is 8.73. The van der Waals surface area contributed by atoms with Crippen LogP contribution in [-0.2, 0) is 17.8 Å². The Kier molecular flexibility index (Phi) is 5.94. The molecule has 1 saturated heterocycles. The second kappa shape index (κ2) is 8.56. The van der Waals surface area contributed by atoms with Crippen molar-refractivity contribution in [1.82, 2.24) is 0 Å². The quantitative estimate of drug-likeness (QED) is 0.818. The second-order valence-corrected chi connectivity index (χ2v) is 6.54. The number of piperidine rings is 1. The van der Waals surface area contributed by atoms with E-state index in [4.69, 9.17) is 9.84 Å². The van der Waals surface area contributed by atoms with Crippen molar-refractivity contribution >= 4 is 11.7 Å². The largest absolute Gasteiger partial charge is 0.489 e. The monoisotopic (exact) mass is 339 g/mol. The first-order valence-electron chi connectivity index (χ1n) is 8.98. The molecule has 0 saturated carbocycles. The molecule has 1 aliphatic heterocycles. The summed E-state index contributed by atoms with van der Waals surface area (Å²) >= 11 is 0. The van der Waals surface area contributed by atoms with Gasteiger partial charge in [-0.15, -0.1) is 0 Å². The Labute approximate surface area is 149 Å². The molecule has 25 heavy (non-hydrogen) atoms. The molecule has 0 aromatic heterocycles. The number of hydrogen-bond donors (Lipinski definition) is 1. The molecule has 1 N–H and O–H groups in total. The van der Waals surface area contributed by atoms with E-state index in [1.807, 2.05) is 24.3 Å². The molecular formula is C21H25NO3. The van der Waals surface area contributed by atoms with Crippen molar-refractivity contribution < 1.29 is 14.6 Å². The molecule has 2 aromatic rings. The van der Waals surface area contributed by atoms with Gasteiger partial charge in [-0.3, -0.25) is 4.79 Å². The SMILES string of the molecule is O=C(O)CCc1ccc(OCc2cccc(N3CCCCC3)c2)cc1. The van der Waals surface area contributed by atoms with Gasteiger partial charge in [0.2, 0.25) is 0 Å². The zero-order chi connectivity index (χ0) is 17.5. The predicted octanol–water partition coefficient (Wildman–Crippen LogP) is 4.27. The van der Waals surface area contributed by atoms with Crippen LogP contribution in [0.1, 0.15) is 36.8 Å². The van der Waals surface area contributed by atoms with Gasteiger partial charge in [0.05, 0.1) is 0 Å². The maximum Gasteiger partial charge on any atom is 0.303 e. The van der Waals surface area contributed by atoms with E-state index < -0.39 is 5.97 Å². The standard InChI is InChI=1S/C21H25NO3/c23-21(24)12-9-17-7-10-20(11-8-17)25-16-18-5-4-6-19(15-18)22-13-2-1-3-14-22/h4-8,10-11,15H,1-3,9,12-14,16H2,(H,23,24). The number of hydrogen-bond acceptors (Lipinski definition) is 3. The minimum absolute atomic E-state index is 0.156. The maximum absolute atomic E-state index is 10.6. The first kappa shape index (κ1) is 17.3.